The third-order valence-corrected chi connectivity index (χ3v) is 13.1. The van der Waals surface area contributed by atoms with E-state index in [1.807, 2.05) is 0 Å². The van der Waals surface area contributed by atoms with Gasteiger partial charge in [0.05, 0.1) is 0 Å². The van der Waals surface area contributed by atoms with Crippen LogP contribution in [0.4, 0.5) is 0 Å². The van der Waals surface area contributed by atoms with Crippen LogP contribution in [0, 0.1) is 0 Å². The Morgan fingerprint density at radius 3 is 0.679 bits per heavy atom. The minimum atomic E-state index is -1.89. The Morgan fingerprint density at radius 1 is 0.357 bits per heavy atom. The van der Waals surface area contributed by atoms with Crippen molar-refractivity contribution in [1.82, 2.24) is 10.8 Å². The molecule has 0 aliphatic carbocycles. The fraction of sp³-hybridized carbons (Fsp3) is 1.00. The Hall–Kier alpha value is 0.516. The van der Waals surface area contributed by atoms with Crippen molar-refractivity contribution < 1.29 is 0 Å². The third kappa shape index (κ3) is 12.9. The molecular weight excluding hydrogens is 400 g/mol. The quantitative estimate of drug-likeness (QED) is 0.179. The molecule has 0 fully saturated rings. The molecule has 0 aromatic heterocycles. The van der Waals surface area contributed by atoms with Crippen molar-refractivity contribution in [2.45, 2.75) is 119 Å². The first-order valence-corrected chi connectivity index (χ1v) is 16.2. The number of hydrogen-bond donors (Lipinski definition) is 0. The van der Waals surface area contributed by atoms with Crippen molar-refractivity contribution in [3.8, 4) is 0 Å². The molecule has 0 aliphatic rings. The predicted octanol–water partition coefficient (Wildman–Crippen LogP) is 6.68. The Morgan fingerprint density at radius 2 is 0.536 bits per heavy atom. The number of rotatable bonds is 21. The first kappa shape index (κ1) is 28.5. The van der Waals surface area contributed by atoms with Gasteiger partial charge in [-0.05, 0) is 0 Å². The molecule has 0 aliphatic heterocycles. The van der Waals surface area contributed by atoms with E-state index in [1.165, 1.54) is 116 Å². The number of hydrogen-bond acceptors (Lipinski definition) is 3. The van der Waals surface area contributed by atoms with Gasteiger partial charge in [-0.25, -0.2) is 0 Å². The Kier molecular flexibility index (Phi) is 21.2. The molecule has 168 valence electrons. The molecule has 4 heteroatoms. The van der Waals surface area contributed by atoms with Gasteiger partial charge in [0.2, 0.25) is 0 Å². The van der Waals surface area contributed by atoms with Crippen LogP contribution in [0.1, 0.15) is 119 Å². The van der Waals surface area contributed by atoms with Gasteiger partial charge in [0, 0.05) is 0 Å². The van der Waals surface area contributed by atoms with Gasteiger partial charge in [-0.3, -0.25) is 0 Å². The van der Waals surface area contributed by atoms with Gasteiger partial charge in [-0.2, -0.15) is 0 Å². The van der Waals surface area contributed by atoms with Gasteiger partial charge in [0.25, 0.3) is 0 Å². The van der Waals surface area contributed by atoms with Crippen molar-refractivity contribution in [2.75, 3.05) is 39.3 Å². The Bertz CT molecular complexity index is 243. The van der Waals surface area contributed by atoms with E-state index in [9.17, 15) is 0 Å². The fourth-order valence-corrected chi connectivity index (χ4v) is 12.0. The summed E-state index contributed by atoms with van der Waals surface area (Å²) in [5, 5.41) is 0. The van der Waals surface area contributed by atoms with E-state index in [1.54, 1.807) is 0 Å². The molecule has 0 radical (unpaired) electrons. The molecule has 0 heterocycles. The maximum atomic E-state index is 3.04. The van der Waals surface area contributed by atoms with Crippen LogP contribution < -0.4 is 0 Å². The second-order valence-corrected chi connectivity index (χ2v) is 14.6. The van der Waals surface area contributed by atoms with Crippen LogP contribution >= 0.6 is 0 Å². The van der Waals surface area contributed by atoms with Crippen LogP contribution in [0.5, 0.6) is 0 Å². The minimum absolute atomic E-state index is 1.32. The van der Waals surface area contributed by atoms with E-state index in [2.05, 4.69) is 52.4 Å². The van der Waals surface area contributed by atoms with Crippen molar-refractivity contribution in [3.05, 3.63) is 0 Å². The SMILES string of the molecule is CCCC[N](CCCC)[Ga]([N](CCCC)CCCC)[N](CCCC)CCCC. The molecule has 0 N–H and O–H groups in total. The van der Waals surface area contributed by atoms with Crippen LogP contribution in [-0.4, -0.2) is 67.0 Å². The standard InChI is InChI=1S/3C8H18N.Ga/c3*1-3-5-7-9-8-6-4-2;/h3*3-8H2,1-2H3;/q3*-1;+3. The van der Waals surface area contributed by atoms with Gasteiger partial charge >= 0.3 is 186 Å². The van der Waals surface area contributed by atoms with Crippen molar-refractivity contribution in [3.63, 3.8) is 0 Å². The molecular formula is C24H54GaN3. The topological polar surface area (TPSA) is 9.72 Å². The molecule has 0 amide bonds. The molecule has 0 spiro atoms. The van der Waals surface area contributed by atoms with Crippen molar-refractivity contribution in [1.29, 1.82) is 0 Å². The number of unbranched alkanes of at least 4 members (excludes halogenated alkanes) is 6. The molecule has 3 nitrogen and oxygen atoms in total. The van der Waals surface area contributed by atoms with Gasteiger partial charge < -0.3 is 0 Å². The zero-order chi connectivity index (χ0) is 21.0. The molecule has 0 aromatic rings. The summed E-state index contributed by atoms with van der Waals surface area (Å²) in [4.78, 5) is 0. The summed E-state index contributed by atoms with van der Waals surface area (Å²) in [6, 6.07) is 0. The zero-order valence-corrected chi connectivity index (χ0v) is 23.1. The van der Waals surface area contributed by atoms with Crippen LogP contribution in [0.2, 0.25) is 0 Å². The Balaban J connectivity index is 5.67. The second-order valence-electron chi connectivity index (χ2n) is 8.58. The summed E-state index contributed by atoms with van der Waals surface area (Å²) < 4.78 is 9.11. The van der Waals surface area contributed by atoms with Gasteiger partial charge in [0.1, 0.15) is 0 Å². The van der Waals surface area contributed by atoms with Crippen molar-refractivity contribution in [2.24, 2.45) is 0 Å². The summed E-state index contributed by atoms with van der Waals surface area (Å²) in [5.41, 5.74) is 0. The first-order valence-electron chi connectivity index (χ1n) is 12.9. The average molecular weight is 454 g/mol. The summed E-state index contributed by atoms with van der Waals surface area (Å²) in [6.45, 7) is 22.2. The summed E-state index contributed by atoms with van der Waals surface area (Å²) in [5.74, 6) is 0. The molecule has 0 rings (SSSR count). The first-order chi connectivity index (χ1) is 13.7. The van der Waals surface area contributed by atoms with Crippen LogP contribution in [0.15, 0.2) is 0 Å². The van der Waals surface area contributed by atoms with E-state index < -0.39 is 16.9 Å². The van der Waals surface area contributed by atoms with Crippen LogP contribution in [0.25, 0.3) is 0 Å². The molecule has 0 saturated heterocycles. The van der Waals surface area contributed by atoms with Crippen LogP contribution in [0.3, 0.4) is 0 Å². The normalized spacial score (nSPS) is 11.9. The van der Waals surface area contributed by atoms with Crippen molar-refractivity contribution >= 4 is 16.9 Å². The van der Waals surface area contributed by atoms with E-state index in [0.717, 1.165) is 0 Å². The monoisotopic (exact) mass is 453 g/mol. The molecule has 0 bridgehead atoms. The fourth-order valence-electron chi connectivity index (χ4n) is 3.89. The van der Waals surface area contributed by atoms with Gasteiger partial charge in [-0.15, -0.1) is 0 Å². The van der Waals surface area contributed by atoms with E-state index in [4.69, 9.17) is 0 Å². The molecule has 0 aromatic carbocycles. The maximum absolute atomic E-state index is 3.04. The molecule has 0 unspecified atom stereocenters. The van der Waals surface area contributed by atoms with E-state index in [0.29, 0.717) is 0 Å². The average Bonchev–Trinajstić information content (AvgIpc) is 2.72. The summed E-state index contributed by atoms with van der Waals surface area (Å²) >= 11 is -1.89. The third-order valence-electron chi connectivity index (χ3n) is 5.77. The summed E-state index contributed by atoms with van der Waals surface area (Å²) in [7, 11) is 0. The molecule has 28 heavy (non-hydrogen) atoms. The molecule has 0 saturated carbocycles. The van der Waals surface area contributed by atoms with Gasteiger partial charge in [-0.1, -0.05) is 0 Å². The predicted molar refractivity (Wildman–Crippen MR) is 130 cm³/mol. The van der Waals surface area contributed by atoms with E-state index in [-0.39, 0.29) is 0 Å². The van der Waals surface area contributed by atoms with Gasteiger partial charge in [0.15, 0.2) is 0 Å². The number of nitrogens with zero attached hydrogens (tertiary/aromatic N) is 3. The second kappa shape index (κ2) is 20.8. The summed E-state index contributed by atoms with van der Waals surface area (Å²) in [6.07, 6.45) is 16.2. The van der Waals surface area contributed by atoms with Crippen LogP contribution in [-0.2, 0) is 0 Å². The molecule has 0 atom stereocenters. The van der Waals surface area contributed by atoms with E-state index >= 15 is 0 Å². The Labute approximate surface area is 185 Å². The zero-order valence-electron chi connectivity index (χ0n) is 20.6.